The van der Waals surface area contributed by atoms with Gasteiger partial charge in [0.1, 0.15) is 0 Å². The summed E-state index contributed by atoms with van der Waals surface area (Å²) in [6.45, 7) is 8.21. The van der Waals surface area contributed by atoms with E-state index < -0.39 is 5.79 Å². The van der Waals surface area contributed by atoms with Gasteiger partial charge in [-0.3, -0.25) is 0 Å². The molecule has 1 fully saturated rings. The summed E-state index contributed by atoms with van der Waals surface area (Å²) in [5.74, 6) is -0.833. The van der Waals surface area contributed by atoms with Crippen LogP contribution in [0.4, 0.5) is 0 Å². The smallest absolute Gasteiger partial charge is 0.167 e. The fourth-order valence-electron chi connectivity index (χ4n) is 1.23. The summed E-state index contributed by atoms with van der Waals surface area (Å²) in [7, 11) is 0. The number of hydrogen-bond acceptors (Lipinski definition) is 3. The Morgan fingerprint density at radius 3 is 2.25 bits per heavy atom. The van der Waals surface area contributed by atoms with Crippen molar-refractivity contribution in [2.24, 2.45) is 0 Å². The zero-order chi connectivity index (χ0) is 9.45. The molecule has 0 bridgehead atoms. The maximum atomic E-state index is 9.61. The summed E-state index contributed by atoms with van der Waals surface area (Å²) in [6.07, 6.45) is 1.42. The van der Waals surface area contributed by atoms with Gasteiger partial charge in [-0.15, -0.1) is 0 Å². The van der Waals surface area contributed by atoms with E-state index >= 15 is 0 Å². The number of piperidine rings is 1. The normalized spacial score (nSPS) is 21.0. The largest absolute Gasteiger partial charge is 0.365 e. The van der Waals surface area contributed by atoms with Gasteiger partial charge in [-0.25, -0.2) is 0 Å². The molecule has 3 heteroatoms. The molecular formula is C9H21NO2. The van der Waals surface area contributed by atoms with Crippen LogP contribution in [-0.2, 0) is 4.74 Å². The second kappa shape index (κ2) is 6.40. The van der Waals surface area contributed by atoms with E-state index in [1.165, 1.54) is 0 Å². The molecule has 0 atom stereocenters. The summed E-state index contributed by atoms with van der Waals surface area (Å²) < 4.78 is 5.19. The Balaban J connectivity index is 0.000000561. The van der Waals surface area contributed by atoms with Gasteiger partial charge in [-0.2, -0.15) is 0 Å². The minimum atomic E-state index is -0.833. The fraction of sp³-hybridized carbons (Fsp3) is 1.00. The highest BCUT2D eigenvalue weighted by Gasteiger charge is 2.28. The molecule has 0 spiro atoms. The van der Waals surface area contributed by atoms with Crippen LogP contribution in [0.5, 0.6) is 0 Å². The summed E-state index contributed by atoms with van der Waals surface area (Å²) >= 11 is 0. The maximum absolute atomic E-state index is 9.61. The van der Waals surface area contributed by atoms with Crippen molar-refractivity contribution >= 4 is 0 Å². The molecule has 0 aliphatic carbocycles. The molecule has 1 heterocycles. The third kappa shape index (κ3) is 4.04. The van der Waals surface area contributed by atoms with Crippen LogP contribution >= 0.6 is 0 Å². The Labute approximate surface area is 75.1 Å². The van der Waals surface area contributed by atoms with E-state index in [0.29, 0.717) is 19.4 Å². The second-order valence-electron chi connectivity index (χ2n) is 2.63. The Morgan fingerprint density at radius 1 is 1.33 bits per heavy atom. The lowest BCUT2D eigenvalue weighted by Gasteiger charge is -2.31. The zero-order valence-electron chi connectivity index (χ0n) is 8.39. The van der Waals surface area contributed by atoms with Crippen LogP contribution < -0.4 is 5.32 Å². The lowest BCUT2D eigenvalue weighted by Crippen LogP contribution is -2.43. The van der Waals surface area contributed by atoms with E-state index in [2.05, 4.69) is 5.32 Å². The summed E-state index contributed by atoms with van der Waals surface area (Å²) in [4.78, 5) is 0. The van der Waals surface area contributed by atoms with Gasteiger partial charge in [0, 0.05) is 32.5 Å². The Bertz CT molecular complexity index is 95.2. The molecule has 0 aromatic rings. The number of nitrogens with one attached hydrogen (secondary N) is 1. The molecule has 0 aromatic carbocycles. The number of ether oxygens (including phenoxy) is 1. The van der Waals surface area contributed by atoms with Crippen LogP contribution in [0.3, 0.4) is 0 Å². The molecule has 0 amide bonds. The monoisotopic (exact) mass is 175 g/mol. The molecule has 0 radical (unpaired) electrons. The third-order valence-corrected chi connectivity index (χ3v) is 1.80. The molecule has 2 N–H and O–H groups in total. The van der Waals surface area contributed by atoms with E-state index in [1.807, 2.05) is 20.8 Å². The van der Waals surface area contributed by atoms with Gasteiger partial charge in [0.15, 0.2) is 5.79 Å². The van der Waals surface area contributed by atoms with Crippen LogP contribution in [-0.4, -0.2) is 30.6 Å². The molecule has 74 valence electrons. The van der Waals surface area contributed by atoms with Crippen molar-refractivity contribution < 1.29 is 9.84 Å². The van der Waals surface area contributed by atoms with Crippen molar-refractivity contribution in [3.8, 4) is 0 Å². The van der Waals surface area contributed by atoms with Gasteiger partial charge >= 0.3 is 0 Å². The first kappa shape index (κ1) is 11.9. The first-order valence-electron chi connectivity index (χ1n) is 4.84. The third-order valence-electron chi connectivity index (χ3n) is 1.80. The fourth-order valence-corrected chi connectivity index (χ4v) is 1.23. The van der Waals surface area contributed by atoms with E-state index in [1.54, 1.807) is 0 Å². The molecule has 1 rings (SSSR count). The van der Waals surface area contributed by atoms with Crippen LogP contribution in [0.2, 0.25) is 0 Å². The Kier molecular flexibility index (Phi) is 6.34. The average molecular weight is 175 g/mol. The lowest BCUT2D eigenvalue weighted by atomic mass is 10.1. The van der Waals surface area contributed by atoms with Gasteiger partial charge in [0.25, 0.3) is 0 Å². The lowest BCUT2D eigenvalue weighted by molar-refractivity contribution is -0.213. The van der Waals surface area contributed by atoms with Gasteiger partial charge in [0.2, 0.25) is 0 Å². The SMILES string of the molecule is CC.CCOC1(O)CCNCC1. The molecule has 0 saturated carbocycles. The number of aliphatic hydroxyl groups is 1. The number of hydrogen-bond donors (Lipinski definition) is 2. The van der Waals surface area contributed by atoms with Crippen LogP contribution in [0.15, 0.2) is 0 Å². The van der Waals surface area contributed by atoms with Crippen molar-refractivity contribution in [2.45, 2.75) is 39.4 Å². The highest BCUT2D eigenvalue weighted by Crippen LogP contribution is 2.18. The minimum Gasteiger partial charge on any atom is -0.365 e. The van der Waals surface area contributed by atoms with Crippen molar-refractivity contribution in [1.29, 1.82) is 0 Å². The van der Waals surface area contributed by atoms with Gasteiger partial charge in [-0.05, 0) is 6.92 Å². The number of rotatable bonds is 2. The molecular weight excluding hydrogens is 154 g/mol. The first-order chi connectivity index (χ1) is 5.77. The Hall–Kier alpha value is -0.120. The van der Waals surface area contributed by atoms with Crippen molar-refractivity contribution in [3.05, 3.63) is 0 Å². The van der Waals surface area contributed by atoms with E-state index in [4.69, 9.17) is 4.74 Å². The highest BCUT2D eigenvalue weighted by atomic mass is 16.6. The predicted molar refractivity (Wildman–Crippen MR) is 50.0 cm³/mol. The van der Waals surface area contributed by atoms with Crippen molar-refractivity contribution in [2.75, 3.05) is 19.7 Å². The molecule has 0 aromatic heterocycles. The van der Waals surface area contributed by atoms with E-state index in [0.717, 1.165) is 13.1 Å². The minimum absolute atomic E-state index is 0.594. The molecule has 0 unspecified atom stereocenters. The first-order valence-corrected chi connectivity index (χ1v) is 4.84. The molecule has 1 aliphatic rings. The van der Waals surface area contributed by atoms with E-state index in [-0.39, 0.29) is 0 Å². The standard InChI is InChI=1S/C7H15NO2.C2H6/c1-2-10-7(9)3-5-8-6-4-7;1-2/h8-9H,2-6H2,1H3;1-2H3. The van der Waals surface area contributed by atoms with Gasteiger partial charge in [-0.1, -0.05) is 13.8 Å². The molecule has 1 aliphatic heterocycles. The predicted octanol–water partition coefficient (Wildman–Crippen LogP) is 1.12. The van der Waals surface area contributed by atoms with Crippen LogP contribution in [0, 0.1) is 0 Å². The second-order valence-corrected chi connectivity index (χ2v) is 2.63. The average Bonchev–Trinajstić information content (AvgIpc) is 2.09. The highest BCUT2D eigenvalue weighted by molar-refractivity contribution is 4.74. The van der Waals surface area contributed by atoms with Crippen LogP contribution in [0.1, 0.15) is 33.6 Å². The van der Waals surface area contributed by atoms with Crippen LogP contribution in [0.25, 0.3) is 0 Å². The summed E-state index contributed by atoms with van der Waals surface area (Å²) in [6, 6.07) is 0. The maximum Gasteiger partial charge on any atom is 0.167 e. The molecule has 3 nitrogen and oxygen atoms in total. The summed E-state index contributed by atoms with van der Waals surface area (Å²) in [5, 5.41) is 12.8. The zero-order valence-corrected chi connectivity index (χ0v) is 8.39. The summed E-state index contributed by atoms with van der Waals surface area (Å²) in [5.41, 5.74) is 0. The topological polar surface area (TPSA) is 41.5 Å². The van der Waals surface area contributed by atoms with Gasteiger partial charge in [0.05, 0.1) is 0 Å². The van der Waals surface area contributed by atoms with Crippen molar-refractivity contribution in [1.82, 2.24) is 5.32 Å². The molecule has 12 heavy (non-hydrogen) atoms. The van der Waals surface area contributed by atoms with Crippen molar-refractivity contribution in [3.63, 3.8) is 0 Å². The van der Waals surface area contributed by atoms with E-state index in [9.17, 15) is 5.11 Å². The Morgan fingerprint density at radius 2 is 1.83 bits per heavy atom. The quantitative estimate of drug-likeness (QED) is 0.618. The van der Waals surface area contributed by atoms with Gasteiger partial charge < -0.3 is 15.2 Å². The molecule has 1 saturated heterocycles.